The van der Waals surface area contributed by atoms with Crippen LogP contribution in [0, 0.1) is 13.8 Å². The second-order valence-corrected chi connectivity index (χ2v) is 6.77. The lowest BCUT2D eigenvalue weighted by molar-refractivity contribution is 0.0302. The Morgan fingerprint density at radius 3 is 2.46 bits per heavy atom. The van der Waals surface area contributed by atoms with E-state index in [1.54, 1.807) is 7.05 Å². The molecule has 0 aliphatic heterocycles. The number of aromatic nitrogens is 1. The van der Waals surface area contributed by atoms with Crippen LogP contribution in [0.15, 0.2) is 9.41 Å². The number of amides is 1. The summed E-state index contributed by atoms with van der Waals surface area (Å²) in [5, 5.41) is 6.33. The van der Waals surface area contributed by atoms with Gasteiger partial charge in [-0.05, 0) is 41.5 Å². The number of guanidine groups is 1. The number of carbonyl (C=O) groups excluding carboxylic acids is 1. The first-order valence-electron chi connectivity index (χ1n) is 8.51. The Kier molecular flexibility index (Phi) is 10.6. The Morgan fingerprint density at radius 1 is 1.31 bits per heavy atom. The van der Waals surface area contributed by atoms with E-state index in [9.17, 15) is 4.79 Å². The van der Waals surface area contributed by atoms with E-state index in [0.717, 1.165) is 18.0 Å². The number of aryl methyl sites for hydroxylation is 2. The average Bonchev–Trinajstić information content (AvgIpc) is 2.81. The fourth-order valence-electron chi connectivity index (χ4n) is 1.87. The molecular weight excluding hydrogens is 449 g/mol. The van der Waals surface area contributed by atoms with Crippen LogP contribution >= 0.6 is 24.0 Å². The lowest BCUT2D eigenvalue weighted by atomic mass is 10.2. The molecule has 0 aliphatic rings. The number of rotatable bonds is 6. The summed E-state index contributed by atoms with van der Waals surface area (Å²) < 4.78 is 10.8. The lowest BCUT2D eigenvalue weighted by Crippen LogP contribution is -2.43. The monoisotopic (exact) mass is 481 g/mol. The third kappa shape index (κ3) is 9.25. The largest absolute Gasteiger partial charge is 0.444 e. The average molecular weight is 481 g/mol. The Balaban J connectivity index is 0.00000625. The molecule has 0 saturated heterocycles. The standard InChI is InChI=1S/C17H31N5O3.HI/c1-8-18-15(20-11-14-21-12(2)13(3)24-14)19-9-10-22(7)16(23)25-17(4,5)6;/h8-11H2,1-7H3,(H2,18,19,20);1H. The van der Waals surface area contributed by atoms with Gasteiger partial charge in [-0.1, -0.05) is 0 Å². The van der Waals surface area contributed by atoms with Gasteiger partial charge in [-0.3, -0.25) is 0 Å². The van der Waals surface area contributed by atoms with Gasteiger partial charge in [0.25, 0.3) is 0 Å². The maximum atomic E-state index is 11.9. The van der Waals surface area contributed by atoms with E-state index >= 15 is 0 Å². The highest BCUT2D eigenvalue weighted by Crippen LogP contribution is 2.09. The minimum absolute atomic E-state index is 0. The van der Waals surface area contributed by atoms with Crippen LogP contribution in [0.2, 0.25) is 0 Å². The first-order chi connectivity index (χ1) is 11.6. The van der Waals surface area contributed by atoms with Crippen LogP contribution in [0.4, 0.5) is 4.79 Å². The van der Waals surface area contributed by atoms with Crippen LogP contribution in [0.1, 0.15) is 45.0 Å². The molecule has 1 heterocycles. The maximum Gasteiger partial charge on any atom is 0.410 e. The Bertz CT molecular complexity index is 576. The molecule has 1 aromatic heterocycles. The molecule has 0 unspecified atom stereocenters. The number of likely N-dealkylation sites (N-methyl/N-ethyl adjacent to an activating group) is 1. The van der Waals surface area contributed by atoms with Crippen LogP contribution in [0.5, 0.6) is 0 Å². The minimum atomic E-state index is -0.499. The smallest absolute Gasteiger partial charge is 0.410 e. The third-order valence-corrected chi connectivity index (χ3v) is 3.23. The van der Waals surface area contributed by atoms with E-state index < -0.39 is 5.60 Å². The van der Waals surface area contributed by atoms with Gasteiger partial charge in [0.2, 0.25) is 5.89 Å². The van der Waals surface area contributed by atoms with Gasteiger partial charge in [0.05, 0.1) is 5.69 Å². The second kappa shape index (κ2) is 11.2. The van der Waals surface area contributed by atoms with Crippen molar-refractivity contribution in [2.75, 3.05) is 26.7 Å². The fourth-order valence-corrected chi connectivity index (χ4v) is 1.87. The van der Waals surface area contributed by atoms with Gasteiger partial charge in [-0.2, -0.15) is 0 Å². The molecule has 0 bridgehead atoms. The minimum Gasteiger partial charge on any atom is -0.444 e. The zero-order valence-electron chi connectivity index (χ0n) is 16.8. The molecular formula is C17H32IN5O3. The second-order valence-electron chi connectivity index (χ2n) is 6.77. The van der Waals surface area contributed by atoms with Crippen molar-refractivity contribution in [3.05, 3.63) is 17.3 Å². The first kappa shape index (κ1) is 24.5. The normalized spacial score (nSPS) is 11.6. The number of ether oxygens (including phenoxy) is 1. The van der Waals surface area contributed by atoms with Gasteiger partial charge in [0, 0.05) is 26.7 Å². The summed E-state index contributed by atoms with van der Waals surface area (Å²) in [4.78, 5) is 22.2. The highest BCUT2D eigenvalue weighted by atomic mass is 127. The summed E-state index contributed by atoms with van der Waals surface area (Å²) in [5.41, 5.74) is 0.378. The van der Waals surface area contributed by atoms with Gasteiger partial charge in [0.1, 0.15) is 17.9 Å². The van der Waals surface area contributed by atoms with Crippen molar-refractivity contribution in [2.24, 2.45) is 4.99 Å². The van der Waals surface area contributed by atoms with Crippen LogP contribution in [-0.2, 0) is 11.3 Å². The molecule has 0 saturated carbocycles. The molecule has 0 radical (unpaired) electrons. The summed E-state index contributed by atoms with van der Waals surface area (Å²) in [6.07, 6.45) is -0.345. The molecule has 0 aromatic carbocycles. The number of hydrogen-bond donors (Lipinski definition) is 2. The molecule has 1 amide bonds. The lowest BCUT2D eigenvalue weighted by Gasteiger charge is -2.24. The number of aliphatic imine (C=N–C) groups is 1. The molecule has 1 aromatic rings. The Labute approximate surface area is 173 Å². The number of halogens is 1. The number of nitrogens with zero attached hydrogens (tertiary/aromatic N) is 3. The van der Waals surface area contributed by atoms with E-state index in [1.165, 1.54) is 4.90 Å². The molecule has 9 heteroatoms. The predicted octanol–water partition coefficient (Wildman–Crippen LogP) is 2.83. The van der Waals surface area contributed by atoms with E-state index in [4.69, 9.17) is 9.15 Å². The van der Waals surface area contributed by atoms with Gasteiger partial charge >= 0.3 is 6.09 Å². The summed E-state index contributed by atoms with van der Waals surface area (Å²) in [7, 11) is 1.71. The molecule has 150 valence electrons. The maximum absolute atomic E-state index is 11.9. The number of carbonyl (C=O) groups is 1. The fraction of sp³-hybridized carbons (Fsp3) is 0.706. The van der Waals surface area contributed by atoms with Crippen molar-refractivity contribution < 1.29 is 13.9 Å². The summed E-state index contributed by atoms with van der Waals surface area (Å²) in [6, 6.07) is 0. The first-order valence-corrected chi connectivity index (χ1v) is 8.51. The molecule has 26 heavy (non-hydrogen) atoms. The summed E-state index contributed by atoms with van der Waals surface area (Å²) in [6.45, 7) is 13.4. The predicted molar refractivity (Wildman–Crippen MR) is 113 cm³/mol. The Morgan fingerprint density at radius 2 is 1.96 bits per heavy atom. The van der Waals surface area contributed by atoms with E-state index in [1.807, 2.05) is 41.5 Å². The molecule has 1 rings (SSSR count). The quantitative estimate of drug-likeness (QED) is 0.369. The summed E-state index contributed by atoms with van der Waals surface area (Å²) >= 11 is 0. The topological polar surface area (TPSA) is 92.0 Å². The van der Waals surface area contributed by atoms with Crippen molar-refractivity contribution in [1.82, 2.24) is 20.5 Å². The number of oxazole rings is 1. The molecule has 0 atom stereocenters. The van der Waals surface area contributed by atoms with E-state index in [0.29, 0.717) is 31.5 Å². The van der Waals surface area contributed by atoms with Crippen molar-refractivity contribution in [2.45, 2.75) is 53.7 Å². The zero-order valence-corrected chi connectivity index (χ0v) is 19.1. The van der Waals surface area contributed by atoms with E-state index in [2.05, 4.69) is 20.6 Å². The number of nitrogens with one attached hydrogen (secondary N) is 2. The Hall–Kier alpha value is -1.52. The molecule has 2 N–H and O–H groups in total. The summed E-state index contributed by atoms with van der Waals surface area (Å²) in [5.74, 6) is 2.04. The van der Waals surface area contributed by atoms with Crippen molar-refractivity contribution in [3.8, 4) is 0 Å². The van der Waals surface area contributed by atoms with Gasteiger partial charge in [-0.25, -0.2) is 14.8 Å². The molecule has 8 nitrogen and oxygen atoms in total. The van der Waals surface area contributed by atoms with Gasteiger partial charge in [0.15, 0.2) is 5.96 Å². The van der Waals surface area contributed by atoms with Crippen LogP contribution in [-0.4, -0.2) is 54.2 Å². The van der Waals surface area contributed by atoms with E-state index in [-0.39, 0.29) is 30.1 Å². The molecule has 0 spiro atoms. The van der Waals surface area contributed by atoms with Crippen LogP contribution < -0.4 is 10.6 Å². The van der Waals surface area contributed by atoms with Gasteiger partial charge < -0.3 is 24.7 Å². The SMILES string of the molecule is CCNC(=NCc1nc(C)c(C)o1)NCCN(C)C(=O)OC(C)(C)C.I. The zero-order chi connectivity index (χ0) is 19.0. The number of hydrogen-bond acceptors (Lipinski definition) is 5. The molecule has 0 fully saturated rings. The van der Waals surface area contributed by atoms with Crippen LogP contribution in [0.3, 0.4) is 0 Å². The van der Waals surface area contributed by atoms with Crippen molar-refractivity contribution >= 4 is 36.0 Å². The highest BCUT2D eigenvalue weighted by molar-refractivity contribution is 14.0. The third-order valence-electron chi connectivity index (χ3n) is 3.23. The van der Waals surface area contributed by atoms with Gasteiger partial charge in [-0.15, -0.1) is 24.0 Å². The highest BCUT2D eigenvalue weighted by Gasteiger charge is 2.19. The van der Waals surface area contributed by atoms with Crippen molar-refractivity contribution in [1.29, 1.82) is 0 Å². The van der Waals surface area contributed by atoms with Crippen molar-refractivity contribution in [3.63, 3.8) is 0 Å². The van der Waals surface area contributed by atoms with Crippen LogP contribution in [0.25, 0.3) is 0 Å². The molecule has 0 aliphatic carbocycles.